The highest BCUT2D eigenvalue weighted by Crippen LogP contribution is 2.21. The highest BCUT2D eigenvalue weighted by Gasteiger charge is 2.22. The highest BCUT2D eigenvalue weighted by atomic mass is 16.2. The van der Waals surface area contributed by atoms with Crippen LogP contribution >= 0.6 is 0 Å². The van der Waals surface area contributed by atoms with E-state index in [2.05, 4.69) is 15.5 Å². The van der Waals surface area contributed by atoms with Crippen molar-refractivity contribution in [2.45, 2.75) is 27.3 Å². The molecule has 112 valence electrons. The van der Waals surface area contributed by atoms with E-state index in [9.17, 15) is 9.59 Å². The van der Waals surface area contributed by atoms with E-state index in [1.807, 2.05) is 13.8 Å². The van der Waals surface area contributed by atoms with Crippen LogP contribution in [0.15, 0.2) is 6.07 Å². The first kappa shape index (κ1) is 14.8. The zero-order valence-corrected chi connectivity index (χ0v) is 12.5. The predicted molar refractivity (Wildman–Crippen MR) is 77.1 cm³/mol. The molecular formula is C13H18N6O2. The third kappa shape index (κ3) is 2.64. The lowest BCUT2D eigenvalue weighted by Crippen LogP contribution is -2.21. The van der Waals surface area contributed by atoms with Gasteiger partial charge in [0.2, 0.25) is 0 Å². The second kappa shape index (κ2) is 5.39. The van der Waals surface area contributed by atoms with Gasteiger partial charge in [-0.2, -0.15) is 10.2 Å². The van der Waals surface area contributed by atoms with Crippen molar-refractivity contribution in [1.29, 1.82) is 0 Å². The first-order valence-electron chi connectivity index (χ1n) is 6.54. The summed E-state index contributed by atoms with van der Waals surface area (Å²) in [5.41, 5.74) is 7.56. The van der Waals surface area contributed by atoms with Crippen LogP contribution < -0.4 is 11.1 Å². The Morgan fingerprint density at radius 2 is 2.00 bits per heavy atom. The summed E-state index contributed by atoms with van der Waals surface area (Å²) in [6.07, 6.45) is 0. The Morgan fingerprint density at radius 1 is 1.33 bits per heavy atom. The normalized spacial score (nSPS) is 10.7. The quantitative estimate of drug-likeness (QED) is 0.859. The van der Waals surface area contributed by atoms with Crippen LogP contribution in [0.2, 0.25) is 0 Å². The first-order valence-corrected chi connectivity index (χ1v) is 6.54. The number of anilines is 1. The lowest BCUT2D eigenvalue weighted by molar-refractivity contribution is 0.0991. The van der Waals surface area contributed by atoms with E-state index in [4.69, 9.17) is 5.73 Å². The molecule has 0 bridgehead atoms. The van der Waals surface area contributed by atoms with Crippen LogP contribution in [-0.4, -0.2) is 31.4 Å². The number of hydrogen-bond donors (Lipinski definition) is 2. The number of nitrogens with zero attached hydrogens (tertiary/aromatic N) is 4. The molecule has 0 spiro atoms. The van der Waals surface area contributed by atoms with Gasteiger partial charge in [0, 0.05) is 19.3 Å². The number of rotatable bonds is 4. The molecule has 0 aliphatic heterocycles. The van der Waals surface area contributed by atoms with Gasteiger partial charge in [-0.05, 0) is 26.8 Å². The van der Waals surface area contributed by atoms with Crippen LogP contribution in [0.1, 0.15) is 39.3 Å². The van der Waals surface area contributed by atoms with E-state index in [-0.39, 0.29) is 11.4 Å². The molecule has 0 unspecified atom stereocenters. The number of aromatic nitrogens is 4. The first-order chi connectivity index (χ1) is 9.85. The van der Waals surface area contributed by atoms with Gasteiger partial charge in [-0.25, -0.2) is 0 Å². The lowest BCUT2D eigenvalue weighted by Gasteiger charge is -2.05. The second-order valence-corrected chi connectivity index (χ2v) is 4.74. The molecule has 3 N–H and O–H groups in total. The fourth-order valence-electron chi connectivity index (χ4n) is 2.06. The topological polar surface area (TPSA) is 108 Å². The molecule has 0 aliphatic carbocycles. The number of primary amides is 1. The Kier molecular flexibility index (Phi) is 3.79. The third-order valence-corrected chi connectivity index (χ3v) is 3.25. The molecule has 2 aromatic rings. The van der Waals surface area contributed by atoms with Crippen LogP contribution in [0.4, 0.5) is 5.69 Å². The van der Waals surface area contributed by atoms with Crippen molar-refractivity contribution in [3.63, 3.8) is 0 Å². The molecule has 2 amide bonds. The Bertz CT molecular complexity index is 693. The van der Waals surface area contributed by atoms with Crippen LogP contribution in [0.5, 0.6) is 0 Å². The number of hydrogen-bond acceptors (Lipinski definition) is 4. The van der Waals surface area contributed by atoms with Crippen LogP contribution in [-0.2, 0) is 13.6 Å². The molecule has 8 nitrogen and oxygen atoms in total. The maximum absolute atomic E-state index is 12.2. The second-order valence-electron chi connectivity index (χ2n) is 4.74. The SMILES string of the molecule is CCn1nc(C)c(NC(=O)c2cc(C)n(C)n2)c1C(N)=O. The van der Waals surface area contributed by atoms with Crippen LogP contribution in [0.25, 0.3) is 0 Å². The minimum absolute atomic E-state index is 0.191. The molecule has 2 aromatic heterocycles. The van der Waals surface area contributed by atoms with E-state index < -0.39 is 11.8 Å². The van der Waals surface area contributed by atoms with E-state index >= 15 is 0 Å². The number of nitrogens with one attached hydrogen (secondary N) is 1. The molecule has 0 radical (unpaired) electrons. The summed E-state index contributed by atoms with van der Waals surface area (Å²) in [6, 6.07) is 1.67. The van der Waals surface area contributed by atoms with Gasteiger partial charge < -0.3 is 11.1 Å². The van der Waals surface area contributed by atoms with Crippen molar-refractivity contribution in [2.24, 2.45) is 12.8 Å². The Balaban J connectivity index is 2.37. The Hall–Kier alpha value is -2.64. The van der Waals surface area contributed by atoms with E-state index in [0.717, 1.165) is 5.69 Å². The number of nitrogens with two attached hydrogens (primary N) is 1. The van der Waals surface area contributed by atoms with Gasteiger partial charge in [-0.1, -0.05) is 0 Å². The van der Waals surface area contributed by atoms with E-state index in [1.165, 1.54) is 4.68 Å². The van der Waals surface area contributed by atoms with Gasteiger partial charge in [0.15, 0.2) is 5.69 Å². The number of carbonyl (C=O) groups excluding carboxylic acids is 2. The van der Waals surface area contributed by atoms with Crippen molar-refractivity contribution < 1.29 is 9.59 Å². The summed E-state index contributed by atoms with van der Waals surface area (Å²) in [5.74, 6) is -1.04. The van der Waals surface area contributed by atoms with Crippen LogP contribution in [0, 0.1) is 13.8 Å². The van der Waals surface area contributed by atoms with E-state index in [1.54, 1.807) is 24.7 Å². The maximum atomic E-state index is 12.2. The molecular weight excluding hydrogens is 272 g/mol. The molecule has 0 saturated heterocycles. The minimum Gasteiger partial charge on any atom is -0.364 e. The van der Waals surface area contributed by atoms with E-state index in [0.29, 0.717) is 17.9 Å². The molecule has 2 rings (SSSR count). The lowest BCUT2D eigenvalue weighted by atomic mass is 10.2. The molecule has 0 saturated carbocycles. The fourth-order valence-corrected chi connectivity index (χ4v) is 2.06. The smallest absolute Gasteiger partial charge is 0.276 e. The van der Waals surface area contributed by atoms with Gasteiger partial charge in [-0.3, -0.25) is 19.0 Å². The largest absolute Gasteiger partial charge is 0.364 e. The monoisotopic (exact) mass is 290 g/mol. The van der Waals surface area contributed by atoms with Gasteiger partial charge in [0.05, 0.1) is 11.4 Å². The summed E-state index contributed by atoms with van der Waals surface area (Å²) < 4.78 is 3.07. The summed E-state index contributed by atoms with van der Waals surface area (Å²) >= 11 is 0. The average Bonchev–Trinajstić information content (AvgIpc) is 2.91. The van der Waals surface area contributed by atoms with Gasteiger partial charge in [0.25, 0.3) is 11.8 Å². The predicted octanol–water partition coefficient (Wildman–Crippen LogP) is 0.605. The summed E-state index contributed by atoms with van der Waals surface area (Å²) in [5, 5.41) is 11.0. The molecule has 8 heteroatoms. The highest BCUT2D eigenvalue weighted by molar-refractivity contribution is 6.07. The summed E-state index contributed by atoms with van der Waals surface area (Å²) in [7, 11) is 1.75. The fraction of sp³-hybridized carbons (Fsp3) is 0.385. The van der Waals surface area contributed by atoms with Crippen molar-refractivity contribution in [2.75, 3.05) is 5.32 Å². The maximum Gasteiger partial charge on any atom is 0.276 e. The zero-order valence-electron chi connectivity index (χ0n) is 12.5. The number of amides is 2. The average molecular weight is 290 g/mol. The molecule has 0 atom stereocenters. The molecule has 21 heavy (non-hydrogen) atoms. The van der Waals surface area contributed by atoms with Crippen molar-refractivity contribution in [1.82, 2.24) is 19.6 Å². The number of carbonyl (C=O) groups is 2. The van der Waals surface area contributed by atoms with Gasteiger partial charge >= 0.3 is 0 Å². The summed E-state index contributed by atoms with van der Waals surface area (Å²) in [6.45, 7) is 5.88. The molecule has 2 heterocycles. The standard InChI is InChI=1S/C13H18N6O2/c1-5-19-11(12(14)20)10(8(3)16-19)15-13(21)9-6-7(2)18(4)17-9/h6H,5H2,1-4H3,(H2,14,20)(H,15,21). The molecule has 0 aromatic carbocycles. The summed E-state index contributed by atoms with van der Waals surface area (Å²) in [4.78, 5) is 23.8. The zero-order chi connectivity index (χ0) is 15.7. The van der Waals surface area contributed by atoms with Gasteiger partial charge in [-0.15, -0.1) is 0 Å². The molecule has 0 fully saturated rings. The van der Waals surface area contributed by atoms with Crippen LogP contribution in [0.3, 0.4) is 0 Å². The number of aryl methyl sites for hydroxylation is 4. The Morgan fingerprint density at radius 3 is 2.48 bits per heavy atom. The Labute approximate surface area is 121 Å². The van der Waals surface area contributed by atoms with Gasteiger partial charge in [0.1, 0.15) is 5.69 Å². The third-order valence-electron chi connectivity index (χ3n) is 3.25. The molecule has 0 aliphatic rings. The van der Waals surface area contributed by atoms with Crippen molar-refractivity contribution in [3.8, 4) is 0 Å². The van der Waals surface area contributed by atoms with Crippen molar-refractivity contribution >= 4 is 17.5 Å². The van der Waals surface area contributed by atoms with Crippen molar-refractivity contribution in [3.05, 3.63) is 28.8 Å². The minimum atomic E-state index is -0.634.